The predicted molar refractivity (Wildman–Crippen MR) is 58.2 cm³/mol. The lowest BCUT2D eigenvalue weighted by Crippen LogP contribution is -3.00. The van der Waals surface area contributed by atoms with Crippen LogP contribution in [0.5, 0.6) is 0 Å². The molecule has 0 saturated heterocycles. The normalized spacial score (nSPS) is 13.9. The van der Waals surface area contributed by atoms with Gasteiger partial charge in [-0.2, -0.15) is 0 Å². The van der Waals surface area contributed by atoms with Gasteiger partial charge in [0, 0.05) is 6.42 Å². The van der Waals surface area contributed by atoms with E-state index in [1.807, 2.05) is 12.2 Å². The van der Waals surface area contributed by atoms with E-state index in [0.29, 0.717) is 18.5 Å². The summed E-state index contributed by atoms with van der Waals surface area (Å²) >= 11 is 0. The summed E-state index contributed by atoms with van der Waals surface area (Å²) in [5.74, 6) is -0.315. The van der Waals surface area contributed by atoms with Gasteiger partial charge in [-0.25, -0.2) is 4.39 Å². The molecule has 0 saturated carbocycles. The van der Waals surface area contributed by atoms with Gasteiger partial charge in [0.05, 0.1) is 13.2 Å². The first kappa shape index (κ1) is 16.3. The Kier molecular flexibility index (Phi) is 8.04. The molecule has 0 spiro atoms. The number of hydrogen-bond acceptors (Lipinski definition) is 1. The lowest BCUT2D eigenvalue weighted by Gasteiger charge is -2.17. The highest BCUT2D eigenvalue weighted by Crippen LogP contribution is 2.14. The maximum Gasteiger partial charge on any atom is 0.130 e. The second-order valence-electron chi connectivity index (χ2n) is 3.92. The number of quaternary nitrogens is 1. The molecule has 98 valence electrons. The zero-order chi connectivity index (χ0) is 12.0. The summed E-state index contributed by atoms with van der Waals surface area (Å²) in [7, 11) is 0. The number of nitrogens with two attached hydrogens (primary N) is 1. The fourth-order valence-corrected chi connectivity index (χ4v) is 1.55. The van der Waals surface area contributed by atoms with Crippen LogP contribution in [-0.4, -0.2) is 24.4 Å². The van der Waals surface area contributed by atoms with Crippen molar-refractivity contribution in [2.45, 2.75) is 25.5 Å². The van der Waals surface area contributed by atoms with Crippen LogP contribution in [0.4, 0.5) is 8.78 Å². The summed E-state index contributed by atoms with van der Waals surface area (Å²) in [6, 6.07) is 5.73. The Hall–Kier alpha value is -0.710. The summed E-state index contributed by atoms with van der Waals surface area (Å²) in [6.45, 7) is 2.18. The van der Waals surface area contributed by atoms with Crippen molar-refractivity contribution in [3.05, 3.63) is 35.6 Å². The van der Waals surface area contributed by atoms with Crippen LogP contribution in [-0.2, 0) is 0 Å². The smallest absolute Gasteiger partial charge is 0.130 e. The van der Waals surface area contributed by atoms with Crippen molar-refractivity contribution in [3.63, 3.8) is 0 Å². The number of hydrogen-bond donors (Lipinski definition) is 2. The van der Waals surface area contributed by atoms with E-state index in [1.165, 1.54) is 12.1 Å². The van der Waals surface area contributed by atoms with Gasteiger partial charge < -0.3 is 22.8 Å². The van der Waals surface area contributed by atoms with E-state index in [4.69, 9.17) is 0 Å². The van der Waals surface area contributed by atoms with Crippen molar-refractivity contribution < 1.29 is 31.6 Å². The van der Waals surface area contributed by atoms with Crippen LogP contribution in [0.1, 0.15) is 25.0 Å². The van der Waals surface area contributed by atoms with Crippen LogP contribution in [0.15, 0.2) is 24.3 Å². The third-order valence-electron chi connectivity index (χ3n) is 2.59. The number of aliphatic hydroxyl groups excluding tert-OH is 1. The standard InChI is InChI=1S/C12H17F2NO.ClH/c1-9(15-8-2-7-13)12(16)10-3-5-11(14)6-4-10;/h3-6,9,12,15-16H,2,7-8H2,1H3;1H. The summed E-state index contributed by atoms with van der Waals surface area (Å²) in [5, 5.41) is 11.8. The Morgan fingerprint density at radius 3 is 2.41 bits per heavy atom. The average Bonchev–Trinajstić information content (AvgIpc) is 2.29. The molecule has 0 fully saturated rings. The largest absolute Gasteiger partial charge is 1.00 e. The molecule has 0 radical (unpaired) electrons. The molecule has 0 amide bonds. The maximum absolute atomic E-state index is 12.7. The van der Waals surface area contributed by atoms with E-state index >= 15 is 0 Å². The first-order valence-corrected chi connectivity index (χ1v) is 5.48. The van der Waals surface area contributed by atoms with Crippen LogP contribution < -0.4 is 17.7 Å². The fourth-order valence-electron chi connectivity index (χ4n) is 1.55. The minimum atomic E-state index is -0.653. The van der Waals surface area contributed by atoms with Crippen LogP contribution in [0, 0.1) is 5.82 Å². The van der Waals surface area contributed by atoms with E-state index in [0.717, 1.165) is 0 Å². The Bertz CT molecular complexity index is 308. The van der Waals surface area contributed by atoms with Crippen molar-refractivity contribution in [1.29, 1.82) is 0 Å². The van der Waals surface area contributed by atoms with Gasteiger partial charge in [0.25, 0.3) is 0 Å². The zero-order valence-electron chi connectivity index (χ0n) is 9.74. The summed E-state index contributed by atoms with van der Waals surface area (Å²) < 4.78 is 24.6. The molecule has 0 heterocycles. The molecule has 5 heteroatoms. The lowest BCUT2D eigenvalue weighted by molar-refractivity contribution is -0.694. The molecule has 3 N–H and O–H groups in total. The molecule has 0 aromatic heterocycles. The SMILES string of the molecule is CC([NH2+]CCCF)C(O)c1ccc(F)cc1.[Cl-]. The van der Waals surface area contributed by atoms with Gasteiger partial charge in [0.15, 0.2) is 0 Å². The van der Waals surface area contributed by atoms with Crippen molar-refractivity contribution >= 4 is 0 Å². The summed E-state index contributed by atoms with van der Waals surface area (Å²) in [6.07, 6.45) is -0.166. The van der Waals surface area contributed by atoms with Crippen LogP contribution in [0.2, 0.25) is 0 Å². The number of rotatable bonds is 6. The number of alkyl halides is 1. The van der Waals surface area contributed by atoms with Crippen molar-refractivity contribution in [2.24, 2.45) is 0 Å². The van der Waals surface area contributed by atoms with Gasteiger partial charge in [-0.1, -0.05) is 12.1 Å². The lowest BCUT2D eigenvalue weighted by atomic mass is 10.0. The molecule has 2 nitrogen and oxygen atoms in total. The molecule has 2 atom stereocenters. The van der Waals surface area contributed by atoms with Gasteiger partial charge >= 0.3 is 0 Å². The van der Waals surface area contributed by atoms with Crippen molar-refractivity contribution in [3.8, 4) is 0 Å². The van der Waals surface area contributed by atoms with Crippen molar-refractivity contribution in [1.82, 2.24) is 0 Å². The van der Waals surface area contributed by atoms with Crippen LogP contribution >= 0.6 is 0 Å². The molecular weight excluding hydrogens is 248 g/mol. The second kappa shape index (κ2) is 8.39. The van der Waals surface area contributed by atoms with Gasteiger partial charge in [-0.15, -0.1) is 0 Å². The number of benzene rings is 1. The van der Waals surface area contributed by atoms with Gasteiger partial charge in [0.2, 0.25) is 0 Å². The number of halogens is 3. The molecule has 0 aliphatic heterocycles. The van der Waals surface area contributed by atoms with Gasteiger partial charge in [0.1, 0.15) is 18.0 Å². The highest BCUT2D eigenvalue weighted by molar-refractivity contribution is 5.19. The predicted octanol–water partition coefficient (Wildman–Crippen LogP) is -1.83. The highest BCUT2D eigenvalue weighted by atomic mass is 35.5. The quantitative estimate of drug-likeness (QED) is 0.584. The van der Waals surface area contributed by atoms with E-state index in [-0.39, 0.29) is 30.9 Å². The second-order valence-corrected chi connectivity index (χ2v) is 3.92. The van der Waals surface area contributed by atoms with E-state index in [2.05, 4.69) is 0 Å². The molecule has 1 rings (SSSR count). The molecule has 0 aliphatic carbocycles. The molecule has 1 aromatic carbocycles. The third kappa shape index (κ3) is 5.44. The third-order valence-corrected chi connectivity index (χ3v) is 2.59. The van der Waals surface area contributed by atoms with Crippen molar-refractivity contribution in [2.75, 3.05) is 13.2 Å². The summed E-state index contributed by atoms with van der Waals surface area (Å²) in [4.78, 5) is 0. The Morgan fingerprint density at radius 2 is 1.88 bits per heavy atom. The van der Waals surface area contributed by atoms with E-state index in [1.54, 1.807) is 12.1 Å². The topological polar surface area (TPSA) is 36.8 Å². The first-order valence-electron chi connectivity index (χ1n) is 5.48. The highest BCUT2D eigenvalue weighted by Gasteiger charge is 2.18. The first-order chi connectivity index (χ1) is 7.65. The van der Waals surface area contributed by atoms with E-state index < -0.39 is 6.10 Å². The Morgan fingerprint density at radius 1 is 1.29 bits per heavy atom. The van der Waals surface area contributed by atoms with Gasteiger partial charge in [-0.3, -0.25) is 4.39 Å². The molecule has 2 unspecified atom stereocenters. The molecule has 17 heavy (non-hydrogen) atoms. The minimum Gasteiger partial charge on any atom is -1.00 e. The molecule has 0 aliphatic rings. The molecule has 1 aromatic rings. The van der Waals surface area contributed by atoms with Crippen LogP contribution in [0.3, 0.4) is 0 Å². The van der Waals surface area contributed by atoms with E-state index in [9.17, 15) is 13.9 Å². The maximum atomic E-state index is 12.7. The summed E-state index contributed by atoms with van der Waals surface area (Å²) in [5.41, 5.74) is 0.686. The number of aliphatic hydroxyl groups is 1. The molecular formula is C12H18ClF2NO. The fraction of sp³-hybridized carbons (Fsp3) is 0.500. The Balaban J connectivity index is 0.00000256. The van der Waals surface area contributed by atoms with Crippen LogP contribution in [0.25, 0.3) is 0 Å². The average molecular weight is 266 g/mol. The zero-order valence-corrected chi connectivity index (χ0v) is 10.5. The van der Waals surface area contributed by atoms with Gasteiger partial charge in [-0.05, 0) is 24.6 Å². The molecule has 0 bridgehead atoms. The minimum absolute atomic E-state index is 0. The monoisotopic (exact) mass is 265 g/mol. The Labute approximate surface area is 106 Å².